The standard InChI is InChI=1S/C15H12N4O2/c16-15-9-12(19(20)21)8-11(18-15)7-10-5-6-17-14-4-2-1-3-13(10)14/h1-6,8-9H,7H2,(H2,16,18). The van der Waals surface area contributed by atoms with E-state index in [1.807, 2.05) is 30.3 Å². The number of rotatable bonds is 3. The zero-order chi connectivity index (χ0) is 14.8. The van der Waals surface area contributed by atoms with Crippen LogP contribution < -0.4 is 5.73 Å². The number of nitrogen functional groups attached to an aromatic ring is 1. The highest BCUT2D eigenvalue weighted by Crippen LogP contribution is 2.22. The first-order valence-corrected chi connectivity index (χ1v) is 6.37. The molecule has 0 bridgehead atoms. The summed E-state index contributed by atoms with van der Waals surface area (Å²) in [5.41, 5.74) is 8.05. The molecule has 0 aliphatic heterocycles. The molecule has 21 heavy (non-hydrogen) atoms. The van der Waals surface area contributed by atoms with Gasteiger partial charge < -0.3 is 5.73 Å². The Morgan fingerprint density at radius 1 is 1.19 bits per heavy atom. The number of nitrogens with two attached hydrogens (primary N) is 1. The van der Waals surface area contributed by atoms with Crippen molar-refractivity contribution in [3.05, 3.63) is 70.0 Å². The average Bonchev–Trinajstić information content (AvgIpc) is 2.47. The molecule has 0 spiro atoms. The molecule has 0 aliphatic carbocycles. The van der Waals surface area contributed by atoms with Crippen LogP contribution in [0.3, 0.4) is 0 Å². The van der Waals surface area contributed by atoms with Gasteiger partial charge in [-0.2, -0.15) is 0 Å². The Balaban J connectivity index is 2.05. The van der Waals surface area contributed by atoms with Crippen molar-refractivity contribution >= 4 is 22.4 Å². The Hall–Kier alpha value is -3.02. The second kappa shape index (κ2) is 5.16. The third-order valence-corrected chi connectivity index (χ3v) is 3.20. The van der Waals surface area contributed by atoms with Gasteiger partial charge >= 0.3 is 0 Å². The molecule has 0 amide bonds. The van der Waals surface area contributed by atoms with E-state index >= 15 is 0 Å². The van der Waals surface area contributed by atoms with Crippen LogP contribution >= 0.6 is 0 Å². The van der Waals surface area contributed by atoms with Gasteiger partial charge in [0, 0.05) is 24.1 Å². The van der Waals surface area contributed by atoms with Crippen LogP contribution in [-0.4, -0.2) is 14.9 Å². The lowest BCUT2D eigenvalue weighted by atomic mass is 10.0. The summed E-state index contributed by atoms with van der Waals surface area (Å²) in [5, 5.41) is 11.9. The smallest absolute Gasteiger partial charge is 0.274 e. The molecule has 0 fully saturated rings. The Morgan fingerprint density at radius 3 is 2.81 bits per heavy atom. The Kier molecular flexibility index (Phi) is 3.19. The van der Waals surface area contributed by atoms with Crippen LogP contribution in [0.4, 0.5) is 11.5 Å². The van der Waals surface area contributed by atoms with Gasteiger partial charge in [-0.05, 0) is 17.7 Å². The van der Waals surface area contributed by atoms with Crippen molar-refractivity contribution in [2.75, 3.05) is 5.73 Å². The van der Waals surface area contributed by atoms with Gasteiger partial charge in [-0.15, -0.1) is 0 Å². The maximum absolute atomic E-state index is 10.9. The van der Waals surface area contributed by atoms with Crippen LogP contribution in [-0.2, 0) is 6.42 Å². The quantitative estimate of drug-likeness (QED) is 0.588. The van der Waals surface area contributed by atoms with Crippen LogP contribution in [0.2, 0.25) is 0 Å². The summed E-state index contributed by atoms with van der Waals surface area (Å²) in [5.74, 6) is 0.151. The summed E-state index contributed by atoms with van der Waals surface area (Å²) in [7, 11) is 0. The van der Waals surface area contributed by atoms with Crippen molar-refractivity contribution < 1.29 is 4.92 Å². The van der Waals surface area contributed by atoms with Gasteiger partial charge in [0.1, 0.15) is 5.82 Å². The molecule has 0 radical (unpaired) electrons. The fraction of sp³-hybridized carbons (Fsp3) is 0.0667. The SMILES string of the molecule is Nc1cc([N+](=O)[O-])cc(Cc2ccnc3ccccc23)n1. The molecule has 104 valence electrons. The van der Waals surface area contributed by atoms with Gasteiger partial charge in [0.2, 0.25) is 0 Å². The van der Waals surface area contributed by atoms with E-state index in [-0.39, 0.29) is 11.5 Å². The highest BCUT2D eigenvalue weighted by molar-refractivity contribution is 5.82. The van der Waals surface area contributed by atoms with E-state index in [0.717, 1.165) is 16.5 Å². The summed E-state index contributed by atoms with van der Waals surface area (Å²) >= 11 is 0. The zero-order valence-electron chi connectivity index (χ0n) is 11.1. The number of fused-ring (bicyclic) bond motifs is 1. The van der Waals surface area contributed by atoms with E-state index in [9.17, 15) is 10.1 Å². The number of hydrogen-bond acceptors (Lipinski definition) is 5. The number of benzene rings is 1. The monoisotopic (exact) mass is 280 g/mol. The molecular formula is C15H12N4O2. The Labute approximate surface area is 120 Å². The van der Waals surface area contributed by atoms with Gasteiger partial charge in [-0.3, -0.25) is 15.1 Å². The molecule has 0 saturated carbocycles. The molecule has 0 atom stereocenters. The lowest BCUT2D eigenvalue weighted by molar-refractivity contribution is -0.384. The normalized spacial score (nSPS) is 10.7. The van der Waals surface area contributed by atoms with E-state index < -0.39 is 4.92 Å². The molecule has 0 unspecified atom stereocenters. The second-order valence-electron chi connectivity index (χ2n) is 4.66. The molecule has 0 aliphatic rings. The van der Waals surface area contributed by atoms with E-state index in [1.165, 1.54) is 12.1 Å². The third-order valence-electron chi connectivity index (χ3n) is 3.20. The minimum atomic E-state index is -0.466. The predicted molar refractivity (Wildman–Crippen MR) is 79.9 cm³/mol. The Bertz CT molecular complexity index is 828. The summed E-state index contributed by atoms with van der Waals surface area (Å²) in [6.45, 7) is 0. The summed E-state index contributed by atoms with van der Waals surface area (Å²) in [4.78, 5) is 18.9. The topological polar surface area (TPSA) is 94.9 Å². The maximum Gasteiger partial charge on any atom is 0.274 e. The van der Waals surface area contributed by atoms with Crippen molar-refractivity contribution in [2.24, 2.45) is 0 Å². The summed E-state index contributed by atoms with van der Waals surface area (Å²) < 4.78 is 0. The van der Waals surface area contributed by atoms with E-state index in [1.54, 1.807) is 6.20 Å². The van der Waals surface area contributed by atoms with Crippen LogP contribution in [0.1, 0.15) is 11.3 Å². The number of anilines is 1. The van der Waals surface area contributed by atoms with Crippen molar-refractivity contribution in [2.45, 2.75) is 6.42 Å². The van der Waals surface area contributed by atoms with Crippen molar-refractivity contribution in [3.8, 4) is 0 Å². The maximum atomic E-state index is 10.9. The number of para-hydroxylation sites is 1. The van der Waals surface area contributed by atoms with Crippen LogP contribution in [0.5, 0.6) is 0 Å². The lowest BCUT2D eigenvalue weighted by Crippen LogP contribution is -2.00. The molecule has 0 saturated heterocycles. The summed E-state index contributed by atoms with van der Waals surface area (Å²) in [6, 6.07) is 12.3. The van der Waals surface area contributed by atoms with Gasteiger partial charge in [-0.1, -0.05) is 18.2 Å². The molecule has 3 aromatic rings. The fourth-order valence-corrected chi connectivity index (χ4v) is 2.29. The first kappa shape index (κ1) is 13.0. The number of hydrogen-bond donors (Lipinski definition) is 1. The van der Waals surface area contributed by atoms with E-state index in [2.05, 4.69) is 9.97 Å². The highest BCUT2D eigenvalue weighted by Gasteiger charge is 2.11. The summed E-state index contributed by atoms with van der Waals surface area (Å²) in [6.07, 6.45) is 2.19. The zero-order valence-corrected chi connectivity index (χ0v) is 11.1. The number of pyridine rings is 2. The highest BCUT2D eigenvalue weighted by atomic mass is 16.6. The first-order chi connectivity index (χ1) is 10.1. The number of aromatic nitrogens is 2. The molecule has 1 aromatic carbocycles. The minimum absolute atomic E-state index is 0.0455. The van der Waals surface area contributed by atoms with Crippen LogP contribution in [0.15, 0.2) is 48.7 Å². The molecular weight excluding hydrogens is 268 g/mol. The first-order valence-electron chi connectivity index (χ1n) is 6.37. The largest absolute Gasteiger partial charge is 0.383 e. The van der Waals surface area contributed by atoms with Crippen molar-refractivity contribution in [1.29, 1.82) is 0 Å². The van der Waals surface area contributed by atoms with Crippen molar-refractivity contribution in [1.82, 2.24) is 9.97 Å². The molecule has 2 heterocycles. The molecule has 6 heteroatoms. The third kappa shape index (κ3) is 2.64. The lowest BCUT2D eigenvalue weighted by Gasteiger charge is -2.06. The molecule has 3 rings (SSSR count). The van der Waals surface area contributed by atoms with Gasteiger partial charge in [0.15, 0.2) is 0 Å². The van der Waals surface area contributed by atoms with Crippen molar-refractivity contribution in [3.63, 3.8) is 0 Å². The number of nitrogens with zero attached hydrogens (tertiary/aromatic N) is 3. The van der Waals surface area contributed by atoms with Gasteiger partial charge in [0.25, 0.3) is 5.69 Å². The van der Waals surface area contributed by atoms with Gasteiger partial charge in [0.05, 0.1) is 22.2 Å². The molecule has 2 aromatic heterocycles. The van der Waals surface area contributed by atoms with Crippen LogP contribution in [0.25, 0.3) is 10.9 Å². The number of nitro groups is 1. The second-order valence-corrected chi connectivity index (χ2v) is 4.66. The predicted octanol–water partition coefficient (Wildman–Crippen LogP) is 2.71. The fourth-order valence-electron chi connectivity index (χ4n) is 2.29. The van der Waals surface area contributed by atoms with Crippen LogP contribution in [0, 0.1) is 10.1 Å². The molecule has 2 N–H and O–H groups in total. The Morgan fingerprint density at radius 2 is 2.00 bits per heavy atom. The van der Waals surface area contributed by atoms with E-state index in [4.69, 9.17) is 5.73 Å². The minimum Gasteiger partial charge on any atom is -0.383 e. The average molecular weight is 280 g/mol. The van der Waals surface area contributed by atoms with Gasteiger partial charge in [-0.25, -0.2) is 4.98 Å². The van der Waals surface area contributed by atoms with E-state index in [0.29, 0.717) is 12.1 Å². The molecule has 6 nitrogen and oxygen atoms in total.